The van der Waals surface area contributed by atoms with Gasteiger partial charge in [0.15, 0.2) is 0 Å². The molecule has 6 nitrogen and oxygen atoms in total. The van der Waals surface area contributed by atoms with Crippen molar-refractivity contribution in [3.63, 3.8) is 0 Å². The molecule has 0 aliphatic carbocycles. The van der Waals surface area contributed by atoms with Crippen LogP contribution in [0.2, 0.25) is 0 Å². The van der Waals surface area contributed by atoms with Crippen LogP contribution in [0, 0.1) is 0 Å². The number of carbonyl (C=O) groups excluding carboxylic acids is 1. The third-order valence-corrected chi connectivity index (χ3v) is 3.94. The molecule has 0 saturated carbocycles. The lowest BCUT2D eigenvalue weighted by Gasteiger charge is -2.34. The number of esters is 1. The molecular formula is C18H22N2O4. The number of nitrogens with zero attached hydrogens (tertiary/aromatic N) is 2. The highest BCUT2D eigenvalue weighted by Crippen LogP contribution is 2.34. The van der Waals surface area contributed by atoms with Gasteiger partial charge < -0.3 is 18.8 Å². The highest BCUT2D eigenvalue weighted by molar-refractivity contribution is 5.78. The van der Waals surface area contributed by atoms with Crippen molar-refractivity contribution >= 4 is 11.7 Å². The summed E-state index contributed by atoms with van der Waals surface area (Å²) in [6.45, 7) is 7.08. The Balaban J connectivity index is 1.86. The number of benzene rings is 1. The smallest absolute Gasteiger partial charge is 0.348 e. The number of fused-ring (bicyclic) bond motifs is 1. The zero-order valence-electron chi connectivity index (χ0n) is 14.4. The van der Waals surface area contributed by atoms with Crippen molar-refractivity contribution < 1.29 is 18.7 Å². The number of hydrogen-bond donors (Lipinski definition) is 0. The molecule has 0 amide bonds. The molecule has 0 saturated heterocycles. The van der Waals surface area contributed by atoms with E-state index in [1.165, 1.54) is 7.11 Å². The van der Waals surface area contributed by atoms with E-state index in [2.05, 4.69) is 25.8 Å². The second kappa shape index (κ2) is 6.19. The molecule has 2 heterocycles. The lowest BCUT2D eigenvalue weighted by atomic mass is 9.94. The summed E-state index contributed by atoms with van der Waals surface area (Å²) in [5.41, 5.74) is 0.816. The largest absolute Gasteiger partial charge is 0.475 e. The Kier molecular flexibility index (Phi) is 4.22. The van der Waals surface area contributed by atoms with Gasteiger partial charge in [0.2, 0.25) is 12.0 Å². The first-order valence-electron chi connectivity index (χ1n) is 7.92. The van der Waals surface area contributed by atoms with Crippen molar-refractivity contribution in [3.8, 4) is 5.75 Å². The van der Waals surface area contributed by atoms with E-state index in [1.807, 2.05) is 29.2 Å². The predicted molar refractivity (Wildman–Crippen MR) is 89.1 cm³/mol. The first kappa shape index (κ1) is 16.4. The summed E-state index contributed by atoms with van der Waals surface area (Å²) in [6.07, 6.45) is 1.10. The molecular weight excluding hydrogens is 308 g/mol. The van der Waals surface area contributed by atoms with Gasteiger partial charge in [-0.1, -0.05) is 32.9 Å². The summed E-state index contributed by atoms with van der Waals surface area (Å²) in [6, 6.07) is 7.60. The molecule has 0 fully saturated rings. The SMILES string of the molecule is COC(=O)C1CN(Cc2ncc(C(C)(C)C)o2)c2ccccc2O1. The molecule has 24 heavy (non-hydrogen) atoms. The van der Waals surface area contributed by atoms with Crippen molar-refractivity contribution in [2.45, 2.75) is 38.8 Å². The van der Waals surface area contributed by atoms with Crippen LogP contribution in [0.3, 0.4) is 0 Å². The van der Waals surface area contributed by atoms with Crippen molar-refractivity contribution in [3.05, 3.63) is 42.1 Å². The Labute approximate surface area is 141 Å². The molecule has 0 radical (unpaired) electrons. The van der Waals surface area contributed by atoms with Gasteiger partial charge in [0.25, 0.3) is 0 Å². The Hall–Kier alpha value is -2.50. The van der Waals surface area contributed by atoms with Crippen LogP contribution in [-0.2, 0) is 21.5 Å². The number of carbonyl (C=O) groups is 1. The van der Waals surface area contributed by atoms with Crippen molar-refractivity contribution in [1.82, 2.24) is 4.98 Å². The molecule has 0 N–H and O–H groups in total. The maximum atomic E-state index is 11.9. The average Bonchev–Trinajstić information content (AvgIpc) is 3.03. The summed E-state index contributed by atoms with van der Waals surface area (Å²) in [7, 11) is 1.36. The fourth-order valence-corrected chi connectivity index (χ4v) is 2.60. The molecule has 6 heteroatoms. The van der Waals surface area contributed by atoms with Gasteiger partial charge in [-0.05, 0) is 12.1 Å². The van der Waals surface area contributed by atoms with Crippen molar-refractivity contribution in [1.29, 1.82) is 0 Å². The number of oxazole rings is 1. The third-order valence-electron chi connectivity index (χ3n) is 3.94. The molecule has 1 aromatic carbocycles. The standard InChI is InChI=1S/C18H22N2O4/c1-18(2,3)15-9-19-16(24-15)11-20-10-14(17(21)22-4)23-13-8-6-5-7-12(13)20/h5-9,14H,10-11H2,1-4H3. The molecule has 0 bridgehead atoms. The van der Waals surface area contributed by atoms with Crippen LogP contribution in [0.4, 0.5) is 5.69 Å². The van der Waals surface area contributed by atoms with Gasteiger partial charge in [-0.3, -0.25) is 0 Å². The predicted octanol–water partition coefficient (Wildman–Crippen LogP) is 2.91. The number of hydrogen-bond acceptors (Lipinski definition) is 6. The van der Waals surface area contributed by atoms with E-state index in [0.29, 0.717) is 24.7 Å². The maximum Gasteiger partial charge on any atom is 0.348 e. The Morgan fingerprint density at radius 3 is 2.79 bits per heavy atom. The van der Waals surface area contributed by atoms with E-state index in [0.717, 1.165) is 11.4 Å². The minimum Gasteiger partial charge on any atom is -0.475 e. The van der Waals surface area contributed by atoms with Gasteiger partial charge in [0.1, 0.15) is 11.5 Å². The zero-order valence-corrected chi connectivity index (χ0v) is 14.4. The number of ether oxygens (including phenoxy) is 2. The zero-order chi connectivity index (χ0) is 17.3. The number of rotatable bonds is 3. The Morgan fingerprint density at radius 1 is 1.38 bits per heavy atom. The summed E-state index contributed by atoms with van der Waals surface area (Å²) in [4.78, 5) is 18.3. The van der Waals surface area contributed by atoms with E-state index in [-0.39, 0.29) is 5.41 Å². The summed E-state index contributed by atoms with van der Waals surface area (Å²) in [5.74, 6) is 1.71. The van der Waals surface area contributed by atoms with Crippen LogP contribution >= 0.6 is 0 Å². The van der Waals surface area contributed by atoms with Gasteiger partial charge in [-0.25, -0.2) is 9.78 Å². The van der Waals surface area contributed by atoms with E-state index in [1.54, 1.807) is 6.20 Å². The molecule has 2 aromatic rings. The van der Waals surface area contributed by atoms with Gasteiger partial charge >= 0.3 is 5.97 Å². The van der Waals surface area contributed by atoms with Gasteiger partial charge in [-0.2, -0.15) is 0 Å². The highest BCUT2D eigenvalue weighted by Gasteiger charge is 2.32. The third kappa shape index (κ3) is 3.22. The maximum absolute atomic E-state index is 11.9. The number of aromatic nitrogens is 1. The summed E-state index contributed by atoms with van der Waals surface area (Å²) < 4.78 is 16.4. The van der Waals surface area contributed by atoms with Crippen molar-refractivity contribution in [2.24, 2.45) is 0 Å². The van der Waals surface area contributed by atoms with Crippen LogP contribution in [0.25, 0.3) is 0 Å². The van der Waals surface area contributed by atoms with Crippen molar-refractivity contribution in [2.75, 3.05) is 18.6 Å². The van der Waals surface area contributed by atoms with Crippen LogP contribution in [0.5, 0.6) is 5.75 Å². The van der Waals surface area contributed by atoms with E-state index >= 15 is 0 Å². The topological polar surface area (TPSA) is 64.8 Å². The minimum absolute atomic E-state index is 0.0945. The average molecular weight is 330 g/mol. The molecule has 1 aromatic heterocycles. The van der Waals surface area contributed by atoms with E-state index in [4.69, 9.17) is 13.9 Å². The highest BCUT2D eigenvalue weighted by atomic mass is 16.6. The van der Waals surface area contributed by atoms with Crippen LogP contribution in [-0.4, -0.2) is 30.7 Å². The van der Waals surface area contributed by atoms with Crippen LogP contribution in [0.1, 0.15) is 32.4 Å². The Bertz CT molecular complexity index is 733. The normalized spacial score (nSPS) is 17.2. The first-order valence-corrected chi connectivity index (χ1v) is 7.92. The molecule has 1 atom stereocenters. The molecule has 3 rings (SSSR count). The lowest BCUT2D eigenvalue weighted by Crippen LogP contribution is -2.44. The number of para-hydroxylation sites is 2. The van der Waals surface area contributed by atoms with Crippen LogP contribution < -0.4 is 9.64 Å². The minimum atomic E-state index is -0.665. The van der Waals surface area contributed by atoms with Crippen LogP contribution in [0.15, 0.2) is 34.9 Å². The molecule has 1 aliphatic rings. The molecule has 1 unspecified atom stereocenters. The molecule has 1 aliphatic heterocycles. The molecule has 0 spiro atoms. The Morgan fingerprint density at radius 2 is 2.12 bits per heavy atom. The molecule has 128 valence electrons. The fraction of sp³-hybridized carbons (Fsp3) is 0.444. The summed E-state index contributed by atoms with van der Waals surface area (Å²) >= 11 is 0. The van der Waals surface area contributed by atoms with Gasteiger partial charge in [0, 0.05) is 5.41 Å². The quantitative estimate of drug-likeness (QED) is 0.806. The second-order valence-electron chi connectivity index (χ2n) is 6.85. The second-order valence-corrected chi connectivity index (χ2v) is 6.85. The number of anilines is 1. The summed E-state index contributed by atoms with van der Waals surface area (Å²) in [5, 5.41) is 0. The fourth-order valence-electron chi connectivity index (χ4n) is 2.60. The lowest BCUT2D eigenvalue weighted by molar-refractivity contribution is -0.148. The number of methoxy groups -OCH3 is 1. The first-order chi connectivity index (χ1) is 11.4. The van der Waals surface area contributed by atoms with Gasteiger partial charge in [0.05, 0.1) is 32.1 Å². The van der Waals surface area contributed by atoms with E-state index < -0.39 is 12.1 Å². The van der Waals surface area contributed by atoms with Gasteiger partial charge in [-0.15, -0.1) is 0 Å². The monoisotopic (exact) mass is 330 g/mol. The van der Waals surface area contributed by atoms with E-state index in [9.17, 15) is 4.79 Å².